The fourth-order valence-corrected chi connectivity index (χ4v) is 6.63. The molecule has 1 fully saturated rings. The maximum Gasteiger partial charge on any atom is 0.410 e. The number of thiazole rings is 1. The molecule has 0 saturated carbocycles. The molecule has 0 N–H and O–H groups in total. The molecule has 2 heterocycles. The molecule has 0 unspecified atom stereocenters. The number of aromatic nitrogens is 1. The Morgan fingerprint density at radius 1 is 1.24 bits per heavy atom. The van der Waals surface area contributed by atoms with Crippen molar-refractivity contribution in [2.24, 2.45) is 0 Å². The number of methoxy groups -OCH3 is 1. The zero-order valence-corrected chi connectivity index (χ0v) is 25.2. The molecular weight excluding hydrogens is 571 g/mol. The summed E-state index contributed by atoms with van der Waals surface area (Å²) < 4.78 is 55.0. The van der Waals surface area contributed by atoms with Gasteiger partial charge in [0.15, 0.2) is 12.1 Å². The third-order valence-electron chi connectivity index (χ3n) is 6.68. The molecule has 220 valence electrons. The number of amides is 1. The Morgan fingerprint density at radius 2 is 1.95 bits per heavy atom. The minimum absolute atomic E-state index is 0.00543. The van der Waals surface area contributed by atoms with E-state index in [0.717, 1.165) is 16.4 Å². The lowest BCUT2D eigenvalue weighted by Crippen LogP contribution is -2.39. The number of sulfonamides is 1. The first kappa shape index (κ1) is 30.3. The molecule has 3 aromatic rings. The number of nitrogens with zero attached hydrogens (tertiary/aromatic N) is 4. The Labute approximate surface area is 243 Å². The van der Waals surface area contributed by atoms with E-state index in [-0.39, 0.29) is 29.7 Å². The van der Waals surface area contributed by atoms with E-state index in [2.05, 4.69) is 4.98 Å². The number of ether oxygens (including phenoxy) is 2. The SMILES string of the molecule is COc1ccc(CN(c2cscn2)S(=O)(=O)c2cc(C=O)c(N(C)[C@H]3CCN(C(=O)OC(C)(C)C)C3)cc2F)cc1. The van der Waals surface area contributed by atoms with Gasteiger partial charge in [0, 0.05) is 37.1 Å². The van der Waals surface area contributed by atoms with Crippen LogP contribution in [0.2, 0.25) is 0 Å². The van der Waals surface area contributed by atoms with Gasteiger partial charge in [-0.2, -0.15) is 0 Å². The number of carbonyl (C=O) groups excluding carboxylic acids is 2. The Kier molecular flexibility index (Phi) is 8.88. The number of halogens is 1. The number of carbonyl (C=O) groups is 2. The van der Waals surface area contributed by atoms with Gasteiger partial charge in [0.2, 0.25) is 0 Å². The van der Waals surface area contributed by atoms with Gasteiger partial charge in [-0.15, -0.1) is 11.3 Å². The van der Waals surface area contributed by atoms with Gasteiger partial charge in [0.25, 0.3) is 10.0 Å². The summed E-state index contributed by atoms with van der Waals surface area (Å²) in [6.07, 6.45) is 0.618. The molecular formula is C28H33FN4O6S2. The number of benzene rings is 2. The third-order valence-corrected chi connectivity index (χ3v) is 9.02. The summed E-state index contributed by atoms with van der Waals surface area (Å²) in [7, 11) is -1.26. The molecule has 41 heavy (non-hydrogen) atoms. The fraction of sp³-hybridized carbons (Fsp3) is 0.393. The molecule has 13 heteroatoms. The number of aldehydes is 1. The normalized spacial score (nSPS) is 15.5. The van der Waals surface area contributed by atoms with E-state index in [0.29, 0.717) is 37.1 Å². The summed E-state index contributed by atoms with van der Waals surface area (Å²) in [6, 6.07) is 8.69. The van der Waals surface area contributed by atoms with Crippen LogP contribution in [0.3, 0.4) is 0 Å². The number of rotatable bonds is 9. The number of hydrogen-bond acceptors (Lipinski definition) is 9. The predicted molar refractivity (Wildman–Crippen MR) is 155 cm³/mol. The smallest absolute Gasteiger partial charge is 0.410 e. The van der Waals surface area contributed by atoms with Crippen LogP contribution in [0.5, 0.6) is 5.75 Å². The summed E-state index contributed by atoms with van der Waals surface area (Å²) in [5.74, 6) is -0.267. The lowest BCUT2D eigenvalue weighted by molar-refractivity contribution is 0.0292. The van der Waals surface area contributed by atoms with Gasteiger partial charge >= 0.3 is 6.09 Å². The Morgan fingerprint density at radius 3 is 2.54 bits per heavy atom. The van der Waals surface area contributed by atoms with E-state index < -0.39 is 32.4 Å². The molecule has 0 radical (unpaired) electrons. The number of anilines is 2. The lowest BCUT2D eigenvalue weighted by Gasteiger charge is -2.29. The maximum atomic E-state index is 15.7. The first-order valence-electron chi connectivity index (χ1n) is 12.9. The first-order valence-corrected chi connectivity index (χ1v) is 15.3. The molecule has 1 aromatic heterocycles. The summed E-state index contributed by atoms with van der Waals surface area (Å²) in [6.45, 7) is 5.98. The average molecular weight is 605 g/mol. The largest absolute Gasteiger partial charge is 0.497 e. The van der Waals surface area contributed by atoms with E-state index in [1.807, 2.05) is 0 Å². The second-order valence-electron chi connectivity index (χ2n) is 10.6. The highest BCUT2D eigenvalue weighted by Gasteiger charge is 2.35. The predicted octanol–water partition coefficient (Wildman–Crippen LogP) is 4.94. The number of hydrogen-bond donors (Lipinski definition) is 0. The van der Waals surface area contributed by atoms with Crippen LogP contribution in [-0.2, 0) is 21.3 Å². The second kappa shape index (κ2) is 12.0. The van der Waals surface area contributed by atoms with Crippen molar-refractivity contribution in [2.75, 3.05) is 36.5 Å². The van der Waals surface area contributed by atoms with Crippen LogP contribution in [0, 0.1) is 5.82 Å². The molecule has 10 nitrogen and oxygen atoms in total. The number of likely N-dealkylation sites (tertiary alicyclic amines) is 1. The van der Waals surface area contributed by atoms with E-state index in [9.17, 15) is 18.0 Å². The van der Waals surface area contributed by atoms with Crippen molar-refractivity contribution >= 4 is 45.2 Å². The molecule has 1 amide bonds. The van der Waals surface area contributed by atoms with Crippen molar-refractivity contribution in [1.29, 1.82) is 0 Å². The number of likely N-dealkylation sites (N-methyl/N-ethyl adjacent to an activating group) is 1. The Hall–Kier alpha value is -3.71. The fourth-order valence-electron chi connectivity index (χ4n) is 4.54. The average Bonchev–Trinajstić information content (AvgIpc) is 3.63. The maximum absolute atomic E-state index is 15.7. The van der Waals surface area contributed by atoms with Crippen molar-refractivity contribution < 1.29 is 31.9 Å². The molecule has 1 aliphatic heterocycles. The van der Waals surface area contributed by atoms with Crippen LogP contribution >= 0.6 is 11.3 Å². The summed E-state index contributed by atoms with van der Waals surface area (Å²) in [5.41, 5.74) is 1.70. The van der Waals surface area contributed by atoms with Crippen LogP contribution < -0.4 is 13.9 Å². The molecule has 1 saturated heterocycles. The minimum atomic E-state index is -4.48. The minimum Gasteiger partial charge on any atom is -0.497 e. The zero-order valence-electron chi connectivity index (χ0n) is 23.5. The molecule has 1 aliphatic rings. The third kappa shape index (κ3) is 6.79. The van der Waals surface area contributed by atoms with Gasteiger partial charge in [-0.05, 0) is 57.0 Å². The lowest BCUT2D eigenvalue weighted by atomic mass is 10.1. The molecule has 4 rings (SSSR count). The summed E-state index contributed by atoms with van der Waals surface area (Å²) in [5, 5.41) is 1.55. The zero-order chi connectivity index (χ0) is 29.9. The van der Waals surface area contributed by atoms with Crippen LogP contribution in [0.1, 0.15) is 43.1 Å². The van der Waals surface area contributed by atoms with E-state index in [1.54, 1.807) is 67.3 Å². The van der Waals surface area contributed by atoms with Crippen LogP contribution in [0.4, 0.5) is 20.7 Å². The topological polar surface area (TPSA) is 109 Å². The quantitative estimate of drug-likeness (QED) is 0.316. The first-order chi connectivity index (χ1) is 19.3. The van der Waals surface area contributed by atoms with Gasteiger partial charge in [-0.25, -0.2) is 26.9 Å². The van der Waals surface area contributed by atoms with E-state index in [4.69, 9.17) is 9.47 Å². The molecule has 0 spiro atoms. The second-order valence-corrected chi connectivity index (χ2v) is 13.2. The van der Waals surface area contributed by atoms with Gasteiger partial charge in [-0.3, -0.25) is 4.79 Å². The Bertz CT molecular complexity index is 1490. The highest BCUT2D eigenvalue weighted by Crippen LogP contribution is 2.33. The Balaban J connectivity index is 1.63. The highest BCUT2D eigenvalue weighted by atomic mass is 32.2. The van der Waals surface area contributed by atoms with E-state index in [1.165, 1.54) is 24.0 Å². The van der Waals surface area contributed by atoms with Gasteiger partial charge in [-0.1, -0.05) is 12.1 Å². The van der Waals surface area contributed by atoms with Crippen molar-refractivity contribution in [2.45, 2.75) is 50.3 Å². The van der Waals surface area contributed by atoms with Crippen LogP contribution in [0.15, 0.2) is 52.2 Å². The summed E-state index contributed by atoms with van der Waals surface area (Å²) in [4.78, 5) is 31.4. The molecule has 0 bridgehead atoms. The van der Waals surface area contributed by atoms with Crippen molar-refractivity contribution in [1.82, 2.24) is 9.88 Å². The van der Waals surface area contributed by atoms with Crippen LogP contribution in [-0.4, -0.2) is 69.6 Å². The van der Waals surface area contributed by atoms with Gasteiger partial charge in [0.05, 0.1) is 24.9 Å². The molecule has 1 atom stereocenters. The highest BCUT2D eigenvalue weighted by molar-refractivity contribution is 7.92. The molecule has 2 aromatic carbocycles. The van der Waals surface area contributed by atoms with Gasteiger partial charge < -0.3 is 19.3 Å². The van der Waals surface area contributed by atoms with Crippen molar-refractivity contribution in [3.63, 3.8) is 0 Å². The van der Waals surface area contributed by atoms with Crippen molar-refractivity contribution in [3.05, 3.63) is 64.2 Å². The standard InChI is InChI=1S/C28H33FN4O6S2/c1-28(2,3)39-27(35)32-11-10-21(15-32)31(4)24-13-23(29)25(12-20(24)16-34)41(36,37)33(26-17-40-18-30-26)14-19-6-8-22(38-5)9-7-19/h6-9,12-13,16-18,21H,10-11,14-15H2,1-5H3/t21-/m0/s1. The van der Waals surface area contributed by atoms with Crippen LogP contribution in [0.25, 0.3) is 0 Å². The van der Waals surface area contributed by atoms with Gasteiger partial charge in [0.1, 0.15) is 22.1 Å². The molecule has 0 aliphatic carbocycles. The van der Waals surface area contributed by atoms with Crippen molar-refractivity contribution in [3.8, 4) is 5.75 Å². The van der Waals surface area contributed by atoms with E-state index >= 15 is 4.39 Å². The summed E-state index contributed by atoms with van der Waals surface area (Å²) >= 11 is 1.20. The monoisotopic (exact) mass is 604 g/mol.